The molecule has 0 aromatic carbocycles. The molecular formula is C7H17ClO. The van der Waals surface area contributed by atoms with E-state index < -0.39 is 0 Å². The Morgan fingerprint density at radius 1 is 1.33 bits per heavy atom. The molecule has 0 aromatic heterocycles. The Kier molecular flexibility index (Phi) is 11.0. The smallest absolute Gasteiger partial charge is 0.0537 e. The Balaban J connectivity index is 0. The van der Waals surface area contributed by atoms with E-state index in [1.54, 1.807) is 0 Å². The van der Waals surface area contributed by atoms with Crippen LogP contribution in [0.15, 0.2) is 0 Å². The van der Waals surface area contributed by atoms with Crippen LogP contribution in [0.4, 0.5) is 0 Å². The minimum Gasteiger partial charge on any atom is -0.393 e. The maximum Gasteiger partial charge on any atom is 0.0537 e. The normalized spacial score (nSPS) is 12.3. The molecule has 0 saturated heterocycles. The van der Waals surface area contributed by atoms with Crippen LogP contribution in [0.1, 0.15) is 39.5 Å². The molecule has 0 bridgehead atoms. The average molecular weight is 153 g/mol. The summed E-state index contributed by atoms with van der Waals surface area (Å²) < 4.78 is 0. The molecule has 0 saturated carbocycles. The van der Waals surface area contributed by atoms with Crippen molar-refractivity contribution >= 4 is 12.4 Å². The first-order chi connectivity index (χ1) is 3.81. The molecule has 1 N–H and O–H groups in total. The Morgan fingerprint density at radius 2 is 1.89 bits per heavy atom. The summed E-state index contributed by atoms with van der Waals surface area (Å²) in [6.07, 6.45) is 4.19. The monoisotopic (exact) mass is 152 g/mol. The minimum absolute atomic E-state index is 0. The number of rotatable bonds is 4. The quantitative estimate of drug-likeness (QED) is 0.656. The van der Waals surface area contributed by atoms with E-state index in [1.165, 1.54) is 6.42 Å². The average Bonchev–Trinajstić information content (AvgIpc) is 1.83. The second-order valence-electron chi connectivity index (χ2n) is 2.20. The molecule has 0 spiro atoms. The van der Waals surface area contributed by atoms with Crippen molar-refractivity contribution in [2.24, 2.45) is 0 Å². The fourth-order valence-electron chi connectivity index (χ4n) is 0.644. The van der Waals surface area contributed by atoms with Gasteiger partial charge in [0.25, 0.3) is 0 Å². The van der Waals surface area contributed by atoms with Gasteiger partial charge in [-0.2, -0.15) is 0 Å². The van der Waals surface area contributed by atoms with Gasteiger partial charge in [0.1, 0.15) is 0 Å². The first-order valence-electron chi connectivity index (χ1n) is 3.49. The van der Waals surface area contributed by atoms with E-state index in [2.05, 4.69) is 6.92 Å². The van der Waals surface area contributed by atoms with Gasteiger partial charge in [-0.1, -0.05) is 26.7 Å². The van der Waals surface area contributed by atoms with Gasteiger partial charge in [-0.3, -0.25) is 0 Å². The fraction of sp³-hybridized carbons (Fsp3) is 1.00. The van der Waals surface area contributed by atoms with Gasteiger partial charge in [0.2, 0.25) is 0 Å². The first-order valence-corrected chi connectivity index (χ1v) is 3.49. The Labute approximate surface area is 63.9 Å². The van der Waals surface area contributed by atoms with E-state index in [-0.39, 0.29) is 18.5 Å². The lowest BCUT2D eigenvalue weighted by Crippen LogP contribution is -2.02. The van der Waals surface area contributed by atoms with E-state index >= 15 is 0 Å². The highest BCUT2D eigenvalue weighted by atomic mass is 35.5. The van der Waals surface area contributed by atoms with Crippen molar-refractivity contribution in [2.45, 2.75) is 45.6 Å². The van der Waals surface area contributed by atoms with Crippen LogP contribution in [0, 0.1) is 0 Å². The molecule has 0 aliphatic rings. The highest BCUT2D eigenvalue weighted by Gasteiger charge is 1.96. The molecular weight excluding hydrogens is 136 g/mol. The molecule has 0 aliphatic heterocycles. The van der Waals surface area contributed by atoms with Crippen molar-refractivity contribution in [3.63, 3.8) is 0 Å². The van der Waals surface area contributed by atoms with Crippen molar-refractivity contribution < 1.29 is 5.11 Å². The standard InChI is InChI=1S/C7H16O.ClH/c1-3-5-6-7(8)4-2;/h7-8H,3-6H2,1-2H3;1H. The molecule has 0 aromatic rings. The van der Waals surface area contributed by atoms with Gasteiger partial charge < -0.3 is 5.11 Å². The van der Waals surface area contributed by atoms with Crippen LogP contribution >= 0.6 is 12.4 Å². The van der Waals surface area contributed by atoms with E-state index in [9.17, 15) is 0 Å². The lowest BCUT2D eigenvalue weighted by molar-refractivity contribution is 0.157. The van der Waals surface area contributed by atoms with Crippen molar-refractivity contribution in [1.82, 2.24) is 0 Å². The maximum absolute atomic E-state index is 8.99. The zero-order valence-corrected chi connectivity index (χ0v) is 7.08. The summed E-state index contributed by atoms with van der Waals surface area (Å²) in [5, 5.41) is 8.99. The number of hydrogen-bond acceptors (Lipinski definition) is 1. The topological polar surface area (TPSA) is 20.2 Å². The van der Waals surface area contributed by atoms with E-state index in [0.717, 1.165) is 19.3 Å². The summed E-state index contributed by atoms with van der Waals surface area (Å²) >= 11 is 0. The summed E-state index contributed by atoms with van der Waals surface area (Å²) in [5.74, 6) is 0. The summed E-state index contributed by atoms with van der Waals surface area (Å²) in [7, 11) is 0. The van der Waals surface area contributed by atoms with Crippen LogP contribution in [0.25, 0.3) is 0 Å². The van der Waals surface area contributed by atoms with E-state index in [4.69, 9.17) is 5.11 Å². The van der Waals surface area contributed by atoms with Gasteiger partial charge >= 0.3 is 0 Å². The SMILES string of the molecule is CCCCC(O)CC.Cl. The van der Waals surface area contributed by atoms with Crippen LogP contribution in [-0.4, -0.2) is 11.2 Å². The molecule has 1 atom stereocenters. The molecule has 0 radical (unpaired) electrons. The predicted molar refractivity (Wildman–Crippen MR) is 43.1 cm³/mol. The Hall–Kier alpha value is 0.250. The molecule has 0 fully saturated rings. The molecule has 9 heavy (non-hydrogen) atoms. The zero-order valence-electron chi connectivity index (χ0n) is 6.26. The predicted octanol–water partition coefficient (Wildman–Crippen LogP) is 2.37. The lowest BCUT2D eigenvalue weighted by atomic mass is 10.1. The van der Waals surface area contributed by atoms with Crippen molar-refractivity contribution in [2.75, 3.05) is 0 Å². The molecule has 58 valence electrons. The largest absolute Gasteiger partial charge is 0.393 e. The van der Waals surface area contributed by atoms with Crippen LogP contribution in [0.2, 0.25) is 0 Å². The third-order valence-electron chi connectivity index (χ3n) is 1.36. The zero-order chi connectivity index (χ0) is 6.41. The van der Waals surface area contributed by atoms with Gasteiger partial charge in [-0.05, 0) is 12.8 Å². The van der Waals surface area contributed by atoms with Gasteiger partial charge in [0.15, 0.2) is 0 Å². The third-order valence-corrected chi connectivity index (χ3v) is 1.36. The number of aliphatic hydroxyl groups excluding tert-OH is 1. The second kappa shape index (κ2) is 8.25. The maximum atomic E-state index is 8.99. The Morgan fingerprint density at radius 3 is 2.22 bits per heavy atom. The van der Waals surface area contributed by atoms with Gasteiger partial charge in [0.05, 0.1) is 6.10 Å². The fourth-order valence-corrected chi connectivity index (χ4v) is 0.644. The van der Waals surface area contributed by atoms with Crippen molar-refractivity contribution in [3.05, 3.63) is 0 Å². The molecule has 1 unspecified atom stereocenters. The number of hydrogen-bond donors (Lipinski definition) is 1. The second-order valence-corrected chi connectivity index (χ2v) is 2.20. The van der Waals surface area contributed by atoms with Crippen molar-refractivity contribution in [1.29, 1.82) is 0 Å². The highest BCUT2D eigenvalue weighted by Crippen LogP contribution is 2.02. The first kappa shape index (κ1) is 12.0. The van der Waals surface area contributed by atoms with Crippen LogP contribution in [0.3, 0.4) is 0 Å². The number of aliphatic hydroxyl groups is 1. The van der Waals surface area contributed by atoms with Gasteiger partial charge in [-0.15, -0.1) is 12.4 Å². The Bertz CT molecular complexity index is 48.2. The molecule has 0 amide bonds. The van der Waals surface area contributed by atoms with E-state index in [0.29, 0.717) is 0 Å². The van der Waals surface area contributed by atoms with Crippen LogP contribution < -0.4 is 0 Å². The summed E-state index contributed by atoms with van der Waals surface area (Å²) in [6.45, 7) is 4.16. The minimum atomic E-state index is -0.0463. The van der Waals surface area contributed by atoms with Crippen molar-refractivity contribution in [3.8, 4) is 0 Å². The van der Waals surface area contributed by atoms with Gasteiger partial charge in [0, 0.05) is 0 Å². The molecule has 0 aliphatic carbocycles. The molecule has 0 rings (SSSR count). The molecule has 1 nitrogen and oxygen atoms in total. The lowest BCUT2D eigenvalue weighted by Gasteiger charge is -2.03. The summed E-state index contributed by atoms with van der Waals surface area (Å²) in [6, 6.07) is 0. The summed E-state index contributed by atoms with van der Waals surface area (Å²) in [5.41, 5.74) is 0. The van der Waals surface area contributed by atoms with Gasteiger partial charge in [-0.25, -0.2) is 0 Å². The van der Waals surface area contributed by atoms with E-state index in [1.807, 2.05) is 6.92 Å². The molecule has 2 heteroatoms. The van der Waals surface area contributed by atoms with Crippen LogP contribution in [0.5, 0.6) is 0 Å². The molecule has 0 heterocycles. The van der Waals surface area contributed by atoms with Crippen LogP contribution in [-0.2, 0) is 0 Å². The highest BCUT2D eigenvalue weighted by molar-refractivity contribution is 5.85. The summed E-state index contributed by atoms with van der Waals surface area (Å²) in [4.78, 5) is 0. The number of halogens is 1. The number of unbranched alkanes of at least 4 members (excludes halogenated alkanes) is 1. The third kappa shape index (κ3) is 8.25.